The molecule has 3 fully saturated rings. The van der Waals surface area contributed by atoms with E-state index in [1.54, 1.807) is 4.90 Å². The van der Waals surface area contributed by atoms with Gasteiger partial charge in [0.25, 0.3) is 5.91 Å². The van der Waals surface area contributed by atoms with E-state index in [1.165, 1.54) is 0 Å². The summed E-state index contributed by atoms with van der Waals surface area (Å²) < 4.78 is 11.2. The molecule has 4 aliphatic rings. The standard InChI is InChI=1S/C40H56N6O7/c1-4-30-25-29(24-28(3)37(30)48)26-35(38(49)44-22-20-43(21-23-44)32-11-15-42(16-12-32)27-36(47)52-5-2)53-40(51)45-17-13-33(14-18-45)46-19-10-31-8-6-7-9-34(31)41-39(46)50/h6-9,24-25,32-33,35,48H,4-5,10-23,26-27H2,1-3H3,(H,41,50). The number of fused-ring (bicyclic) bond motifs is 1. The maximum atomic E-state index is 14.2. The zero-order valence-corrected chi connectivity index (χ0v) is 31.6. The van der Waals surface area contributed by atoms with Crippen LogP contribution in [0.1, 0.15) is 61.8 Å². The predicted molar refractivity (Wildman–Crippen MR) is 201 cm³/mol. The normalized spacial score (nSPS) is 20.0. The fourth-order valence-corrected chi connectivity index (χ4v) is 8.35. The van der Waals surface area contributed by atoms with Crippen LogP contribution >= 0.6 is 0 Å². The molecular weight excluding hydrogens is 676 g/mol. The maximum absolute atomic E-state index is 14.2. The van der Waals surface area contributed by atoms with Gasteiger partial charge in [-0.15, -0.1) is 0 Å². The minimum atomic E-state index is -1.01. The number of carbonyl (C=O) groups is 4. The Balaban J connectivity index is 1.06. The van der Waals surface area contributed by atoms with E-state index in [-0.39, 0.29) is 36.1 Å². The van der Waals surface area contributed by atoms with Crippen LogP contribution in [0, 0.1) is 6.92 Å². The Kier molecular flexibility index (Phi) is 12.8. The molecule has 2 N–H and O–H groups in total. The number of aryl methyl sites for hydroxylation is 2. The van der Waals surface area contributed by atoms with Crippen molar-refractivity contribution in [3.8, 4) is 5.75 Å². The molecule has 0 radical (unpaired) electrons. The Morgan fingerprint density at radius 1 is 0.887 bits per heavy atom. The summed E-state index contributed by atoms with van der Waals surface area (Å²) in [6, 6.07) is 11.9. The molecule has 6 rings (SSSR count). The number of aromatic hydroxyl groups is 1. The molecule has 2 aromatic rings. The smallest absolute Gasteiger partial charge is 0.410 e. The molecule has 0 saturated carbocycles. The lowest BCUT2D eigenvalue weighted by molar-refractivity contribution is -0.144. The monoisotopic (exact) mass is 732 g/mol. The molecular formula is C40H56N6O7. The number of phenolic OH excluding ortho intramolecular Hbond substituents is 1. The van der Waals surface area contributed by atoms with Crippen molar-refractivity contribution < 1.29 is 33.8 Å². The zero-order valence-electron chi connectivity index (χ0n) is 31.6. The lowest BCUT2D eigenvalue weighted by Gasteiger charge is -2.43. The number of urea groups is 1. The second-order valence-electron chi connectivity index (χ2n) is 14.8. The number of amides is 4. The Labute approximate surface area is 313 Å². The minimum absolute atomic E-state index is 0.000623. The van der Waals surface area contributed by atoms with Gasteiger partial charge in [-0.25, -0.2) is 9.59 Å². The molecule has 2 aromatic carbocycles. The van der Waals surface area contributed by atoms with Crippen molar-refractivity contribution in [2.45, 2.75) is 83.9 Å². The number of anilines is 1. The summed E-state index contributed by atoms with van der Waals surface area (Å²) in [5, 5.41) is 13.6. The van der Waals surface area contributed by atoms with Crippen molar-refractivity contribution in [1.82, 2.24) is 24.5 Å². The van der Waals surface area contributed by atoms with Crippen molar-refractivity contribution in [3.63, 3.8) is 0 Å². The maximum Gasteiger partial charge on any atom is 0.410 e. The SMILES string of the molecule is CCOC(=O)CN1CCC(N2CCN(C(=O)C(Cc3cc(C)c(O)c(CC)c3)OC(=O)N3CCC(N4CCc5ccccc5NC4=O)CC3)CC2)CC1. The fraction of sp³-hybridized carbons (Fsp3) is 0.600. The highest BCUT2D eigenvalue weighted by molar-refractivity contribution is 5.91. The van der Waals surface area contributed by atoms with E-state index >= 15 is 0 Å². The molecule has 13 nitrogen and oxygen atoms in total. The summed E-state index contributed by atoms with van der Waals surface area (Å²) in [5.41, 5.74) is 4.32. The van der Waals surface area contributed by atoms with Gasteiger partial charge < -0.3 is 34.6 Å². The number of piperazine rings is 1. The van der Waals surface area contributed by atoms with E-state index in [9.17, 15) is 24.3 Å². The van der Waals surface area contributed by atoms with Crippen LogP contribution in [0.4, 0.5) is 15.3 Å². The molecule has 0 aliphatic carbocycles. The van der Waals surface area contributed by atoms with Gasteiger partial charge in [0.1, 0.15) is 5.75 Å². The number of hydrogen-bond donors (Lipinski definition) is 2. The van der Waals surface area contributed by atoms with Gasteiger partial charge in [0.05, 0.1) is 13.2 Å². The molecule has 4 amide bonds. The molecule has 0 aromatic heterocycles. The van der Waals surface area contributed by atoms with E-state index in [4.69, 9.17) is 9.47 Å². The number of phenols is 1. The third kappa shape index (κ3) is 9.42. The number of rotatable bonds is 10. The highest BCUT2D eigenvalue weighted by Crippen LogP contribution is 2.28. The van der Waals surface area contributed by atoms with E-state index < -0.39 is 12.2 Å². The fourth-order valence-electron chi connectivity index (χ4n) is 8.35. The number of piperidine rings is 2. The summed E-state index contributed by atoms with van der Waals surface area (Å²) in [4.78, 5) is 63.0. The van der Waals surface area contributed by atoms with E-state index in [2.05, 4.69) is 15.1 Å². The lowest BCUT2D eigenvalue weighted by atomic mass is 9.98. The van der Waals surface area contributed by atoms with Gasteiger partial charge in [0.15, 0.2) is 6.10 Å². The van der Waals surface area contributed by atoms with Crippen LogP contribution in [-0.4, -0.2) is 144 Å². The van der Waals surface area contributed by atoms with E-state index in [0.29, 0.717) is 71.2 Å². The van der Waals surface area contributed by atoms with Gasteiger partial charge in [-0.1, -0.05) is 37.3 Å². The third-order valence-corrected chi connectivity index (χ3v) is 11.4. The number of para-hydroxylation sites is 1. The lowest BCUT2D eigenvalue weighted by Crippen LogP contribution is -2.57. The molecule has 1 atom stereocenters. The topological polar surface area (TPSA) is 135 Å². The van der Waals surface area contributed by atoms with Crippen LogP contribution in [0.2, 0.25) is 0 Å². The number of carbonyl (C=O) groups excluding carboxylic acids is 4. The summed E-state index contributed by atoms with van der Waals surface area (Å²) >= 11 is 0. The largest absolute Gasteiger partial charge is 0.507 e. The first-order valence-electron chi connectivity index (χ1n) is 19.5. The molecule has 288 valence electrons. The van der Waals surface area contributed by atoms with Crippen LogP contribution in [-0.2, 0) is 38.3 Å². The quantitative estimate of drug-likeness (QED) is 0.347. The first-order valence-corrected chi connectivity index (χ1v) is 19.5. The van der Waals surface area contributed by atoms with Crippen molar-refractivity contribution in [1.29, 1.82) is 0 Å². The van der Waals surface area contributed by atoms with Gasteiger partial charge >= 0.3 is 18.1 Å². The van der Waals surface area contributed by atoms with Crippen LogP contribution in [0.25, 0.3) is 0 Å². The first kappa shape index (κ1) is 38.4. The summed E-state index contributed by atoms with van der Waals surface area (Å²) in [6.45, 7) is 12.0. The van der Waals surface area contributed by atoms with Crippen molar-refractivity contribution in [2.24, 2.45) is 0 Å². The number of likely N-dealkylation sites (tertiary alicyclic amines) is 2. The second kappa shape index (κ2) is 17.6. The van der Waals surface area contributed by atoms with Crippen LogP contribution in [0.3, 0.4) is 0 Å². The highest BCUT2D eigenvalue weighted by Gasteiger charge is 2.36. The number of esters is 1. The summed E-state index contributed by atoms with van der Waals surface area (Å²) in [7, 11) is 0. The minimum Gasteiger partial charge on any atom is -0.507 e. The van der Waals surface area contributed by atoms with Gasteiger partial charge in [-0.2, -0.15) is 0 Å². The van der Waals surface area contributed by atoms with Crippen molar-refractivity contribution >= 4 is 29.7 Å². The Morgan fingerprint density at radius 3 is 2.28 bits per heavy atom. The molecule has 1 unspecified atom stereocenters. The Hall–Kier alpha value is -4.36. The van der Waals surface area contributed by atoms with Crippen LogP contribution < -0.4 is 5.32 Å². The highest BCUT2D eigenvalue weighted by atomic mass is 16.6. The number of benzene rings is 2. The first-order chi connectivity index (χ1) is 25.6. The Morgan fingerprint density at radius 2 is 1.58 bits per heavy atom. The van der Waals surface area contributed by atoms with Crippen molar-refractivity contribution in [2.75, 3.05) is 77.4 Å². The molecule has 0 spiro atoms. The van der Waals surface area contributed by atoms with Gasteiger partial charge in [0, 0.05) is 83.1 Å². The zero-order chi connectivity index (χ0) is 37.5. The summed E-state index contributed by atoms with van der Waals surface area (Å²) in [6.07, 6.45) is 3.25. The molecule has 3 saturated heterocycles. The second-order valence-corrected chi connectivity index (χ2v) is 14.8. The van der Waals surface area contributed by atoms with E-state index in [1.807, 2.05) is 67.0 Å². The molecule has 13 heteroatoms. The number of ether oxygens (including phenoxy) is 2. The van der Waals surface area contributed by atoms with E-state index in [0.717, 1.165) is 73.4 Å². The average molecular weight is 733 g/mol. The number of hydrogen-bond acceptors (Lipinski definition) is 9. The van der Waals surface area contributed by atoms with Crippen LogP contribution in [0.5, 0.6) is 5.75 Å². The molecule has 4 heterocycles. The Bertz CT molecular complexity index is 1610. The molecule has 4 aliphatic heterocycles. The molecule has 53 heavy (non-hydrogen) atoms. The number of nitrogens with one attached hydrogen (secondary N) is 1. The van der Waals surface area contributed by atoms with Gasteiger partial charge in [-0.05, 0) is 80.7 Å². The van der Waals surface area contributed by atoms with Gasteiger partial charge in [0.2, 0.25) is 0 Å². The van der Waals surface area contributed by atoms with Crippen LogP contribution in [0.15, 0.2) is 36.4 Å². The summed E-state index contributed by atoms with van der Waals surface area (Å²) in [5.74, 6) is -0.134. The third-order valence-electron chi connectivity index (χ3n) is 11.4. The van der Waals surface area contributed by atoms with Gasteiger partial charge in [-0.3, -0.25) is 19.4 Å². The predicted octanol–water partition coefficient (Wildman–Crippen LogP) is 4.04. The average Bonchev–Trinajstić information content (AvgIpc) is 3.34. The van der Waals surface area contributed by atoms with Crippen molar-refractivity contribution in [3.05, 3.63) is 58.7 Å². The molecule has 0 bridgehead atoms. The number of nitrogens with zero attached hydrogens (tertiary/aromatic N) is 5.